The molecule has 0 aliphatic heterocycles. The first-order chi connectivity index (χ1) is 18.8. The molecular weight excluding hydrogens is 754 g/mol. The van der Waals surface area contributed by atoms with E-state index in [2.05, 4.69) is 66.5 Å². The van der Waals surface area contributed by atoms with E-state index in [9.17, 15) is 14.4 Å². The Hall–Kier alpha value is 2.22. The first kappa shape index (κ1) is 52.7. The molecule has 0 aromatic carbocycles. The van der Waals surface area contributed by atoms with Crippen molar-refractivity contribution in [2.45, 2.75) is 52.0 Å². The molecule has 1 unspecified atom stereocenters. The molecule has 0 bridgehead atoms. The predicted octanol–water partition coefficient (Wildman–Crippen LogP) is 2.19. The molecule has 1 atom stereocenters. The number of amides is 1. The van der Waals surface area contributed by atoms with E-state index in [4.69, 9.17) is 15.2 Å². The summed E-state index contributed by atoms with van der Waals surface area (Å²) in [5, 5.41) is 9.18. The molecule has 0 rings (SSSR count). The molecule has 0 aliphatic carbocycles. The average molecular weight is 807 g/mol. The van der Waals surface area contributed by atoms with Gasteiger partial charge in [-0.15, -0.1) is 35.9 Å². The SMILES string of the molecule is CC(=O)C[CH-]CS.CC(=O)C[CH-]CS.NCCOCCOCCNC(=O)C(CCCCN[CH-]CS)N[CH-]CS.[Y].[Y]. The first-order valence-electron chi connectivity index (χ1n) is 13.1. The molecule has 240 valence electrons. The van der Waals surface area contributed by atoms with Gasteiger partial charge >= 0.3 is 0 Å². The van der Waals surface area contributed by atoms with Gasteiger partial charge in [0.1, 0.15) is 11.6 Å². The molecule has 0 fully saturated rings. The molecular formula is C26H52N4O5S4Y2-4. The van der Waals surface area contributed by atoms with Crippen LogP contribution in [0.5, 0.6) is 0 Å². The molecule has 41 heavy (non-hydrogen) atoms. The summed E-state index contributed by atoms with van der Waals surface area (Å²) in [6, 6.07) is -0.242. The van der Waals surface area contributed by atoms with E-state index < -0.39 is 0 Å². The second-order valence-electron chi connectivity index (χ2n) is 8.00. The summed E-state index contributed by atoms with van der Waals surface area (Å²) < 4.78 is 10.6. The maximum absolute atomic E-state index is 12.2. The summed E-state index contributed by atoms with van der Waals surface area (Å²) in [4.78, 5) is 32.5. The van der Waals surface area contributed by atoms with Crippen LogP contribution in [0.25, 0.3) is 0 Å². The summed E-state index contributed by atoms with van der Waals surface area (Å²) in [7, 11) is 0. The fourth-order valence-electron chi connectivity index (χ4n) is 2.54. The van der Waals surface area contributed by atoms with Gasteiger partial charge in [-0.3, -0.25) is 17.9 Å². The zero-order chi connectivity index (χ0) is 30.0. The summed E-state index contributed by atoms with van der Waals surface area (Å²) >= 11 is 16.0. The maximum Gasteiger partial charge on any atom is 0.234 e. The Morgan fingerprint density at radius 2 is 1.29 bits per heavy atom. The van der Waals surface area contributed by atoms with Gasteiger partial charge in [0, 0.05) is 78.5 Å². The monoisotopic (exact) mass is 806 g/mol. The molecule has 9 nitrogen and oxygen atoms in total. The van der Waals surface area contributed by atoms with E-state index in [1.807, 2.05) is 19.4 Å². The number of ether oxygens (including phenoxy) is 2. The van der Waals surface area contributed by atoms with Crippen LogP contribution in [0, 0.1) is 25.9 Å². The van der Waals surface area contributed by atoms with E-state index >= 15 is 0 Å². The van der Waals surface area contributed by atoms with Crippen LogP contribution in [0.15, 0.2) is 0 Å². The third kappa shape index (κ3) is 52.1. The number of carbonyl (C=O) groups excluding carboxylic acids is 3. The molecule has 0 heterocycles. The number of thiol groups is 4. The molecule has 0 aromatic rings. The topological polar surface area (TPSA) is 132 Å². The van der Waals surface area contributed by atoms with E-state index in [-0.39, 0.29) is 88.9 Å². The van der Waals surface area contributed by atoms with Crippen molar-refractivity contribution in [1.29, 1.82) is 0 Å². The number of hydrogen-bond donors (Lipinski definition) is 8. The summed E-state index contributed by atoms with van der Waals surface area (Å²) in [6.07, 6.45) is 7.52. The standard InChI is InChI=1S/C16H34N4O3S2.2C5H9OS.2Y/c17-4-9-22-11-12-23-10-6-20-16(21)15(19-8-14-25)3-1-2-5-18-7-13-24;2*1-5(6)3-2-4-7;;/h7-8,15,18-19,24-25H,1-6,9-14,17H2,(H,20,21);2*2,7H,3-4H2,1H3;;/q-2;2*-1;;. The van der Waals surface area contributed by atoms with Gasteiger partial charge in [0.15, 0.2) is 0 Å². The van der Waals surface area contributed by atoms with Gasteiger partial charge in [-0.2, -0.15) is 0 Å². The van der Waals surface area contributed by atoms with Crippen molar-refractivity contribution < 1.29 is 89.3 Å². The van der Waals surface area contributed by atoms with Gasteiger partial charge in [-0.05, 0) is 33.2 Å². The van der Waals surface area contributed by atoms with E-state index in [1.54, 1.807) is 20.4 Å². The van der Waals surface area contributed by atoms with Crippen LogP contribution in [0.2, 0.25) is 0 Å². The third-order valence-electron chi connectivity index (χ3n) is 4.33. The Morgan fingerprint density at radius 3 is 1.73 bits per heavy atom. The zero-order valence-electron chi connectivity index (χ0n) is 24.8. The van der Waals surface area contributed by atoms with E-state index in [0.29, 0.717) is 75.4 Å². The minimum atomic E-state index is -0.242. The van der Waals surface area contributed by atoms with Gasteiger partial charge in [-0.1, -0.05) is 6.42 Å². The van der Waals surface area contributed by atoms with Crippen molar-refractivity contribution in [1.82, 2.24) is 16.0 Å². The van der Waals surface area contributed by atoms with Crippen molar-refractivity contribution in [3.8, 4) is 0 Å². The summed E-state index contributed by atoms with van der Waals surface area (Å²) in [5.74, 6) is 3.07. The van der Waals surface area contributed by atoms with Crippen LogP contribution in [-0.2, 0) is 89.3 Å². The Balaban J connectivity index is -0.000000222. The maximum atomic E-state index is 12.2. The molecule has 5 N–H and O–H groups in total. The second-order valence-corrected chi connectivity index (χ2v) is 9.46. The van der Waals surface area contributed by atoms with Gasteiger partial charge in [0.05, 0.1) is 32.5 Å². The van der Waals surface area contributed by atoms with Crippen LogP contribution >= 0.6 is 50.5 Å². The Bertz CT molecular complexity index is 546. The van der Waals surface area contributed by atoms with E-state index in [1.165, 1.54) is 0 Å². The number of rotatable bonds is 25. The number of ketones is 2. The van der Waals surface area contributed by atoms with Gasteiger partial charge in [-0.25, -0.2) is 50.5 Å². The summed E-state index contributed by atoms with van der Waals surface area (Å²) in [5.41, 5.74) is 5.32. The van der Waals surface area contributed by atoms with Gasteiger partial charge in [0.2, 0.25) is 5.91 Å². The minimum Gasteiger partial charge on any atom is -0.469 e. The van der Waals surface area contributed by atoms with Crippen molar-refractivity contribution in [2.75, 3.05) is 69.1 Å². The quantitative estimate of drug-likeness (QED) is 0.0401. The number of nitrogens with one attached hydrogen (secondary N) is 3. The normalized spacial score (nSPS) is 10.5. The van der Waals surface area contributed by atoms with Crippen LogP contribution in [0.1, 0.15) is 46.0 Å². The van der Waals surface area contributed by atoms with Crippen molar-refractivity contribution in [3.05, 3.63) is 25.9 Å². The number of Topliss-reactive ketones (excluding diaryl/α,β-unsaturated/α-hetero) is 2. The largest absolute Gasteiger partial charge is 0.469 e. The second kappa shape index (κ2) is 46.6. The number of hydrogen-bond acceptors (Lipinski definition) is 12. The molecule has 0 spiro atoms. The Morgan fingerprint density at radius 1 is 0.756 bits per heavy atom. The van der Waals surface area contributed by atoms with Gasteiger partial charge < -0.3 is 53.6 Å². The smallest absolute Gasteiger partial charge is 0.234 e. The molecule has 0 aliphatic rings. The van der Waals surface area contributed by atoms with Crippen molar-refractivity contribution in [2.24, 2.45) is 5.73 Å². The molecule has 0 saturated heterocycles. The Labute approximate surface area is 322 Å². The van der Waals surface area contributed by atoms with Crippen LogP contribution in [-0.4, -0.2) is 92.6 Å². The Kier molecular flexibility index (Phi) is 60.0. The fourth-order valence-corrected chi connectivity index (χ4v) is 3.03. The molecule has 0 saturated carbocycles. The number of carbonyl (C=O) groups is 3. The average Bonchev–Trinajstić information content (AvgIpc) is 2.91. The number of unbranched alkanes of at least 4 members (excludes halogenated alkanes) is 1. The van der Waals surface area contributed by atoms with Crippen molar-refractivity contribution >= 4 is 68.0 Å². The van der Waals surface area contributed by atoms with Crippen molar-refractivity contribution in [3.63, 3.8) is 0 Å². The van der Waals surface area contributed by atoms with Crippen LogP contribution in [0.4, 0.5) is 0 Å². The third-order valence-corrected chi connectivity index (χ3v) is 5.21. The minimum absolute atomic E-state index is 0. The van der Waals surface area contributed by atoms with E-state index in [0.717, 1.165) is 25.8 Å². The zero-order valence-corrected chi connectivity index (χ0v) is 34.0. The molecule has 0 aromatic heterocycles. The molecule has 2 radical (unpaired) electrons. The van der Waals surface area contributed by atoms with Crippen LogP contribution in [0.3, 0.4) is 0 Å². The van der Waals surface area contributed by atoms with Crippen LogP contribution < -0.4 is 21.7 Å². The predicted molar refractivity (Wildman–Crippen MR) is 176 cm³/mol. The fraction of sp³-hybridized carbons (Fsp3) is 0.731. The number of nitrogens with two attached hydrogens (primary N) is 1. The van der Waals surface area contributed by atoms with Gasteiger partial charge in [0.25, 0.3) is 0 Å². The summed E-state index contributed by atoms with van der Waals surface area (Å²) in [6.45, 7) is 10.8. The molecule has 15 heteroatoms. The molecule has 1 amide bonds. The first-order valence-corrected chi connectivity index (χ1v) is 15.6.